The maximum atomic E-state index is 13.3. The number of aromatic nitrogens is 2. The molecule has 0 saturated heterocycles. The molecule has 7 heteroatoms. The van der Waals surface area contributed by atoms with Crippen LogP contribution in [-0.2, 0) is 9.59 Å². The zero-order valence-corrected chi connectivity index (χ0v) is 18.8. The number of benzene rings is 1. The van der Waals surface area contributed by atoms with Crippen LogP contribution in [0.15, 0.2) is 45.9 Å². The van der Waals surface area contributed by atoms with E-state index in [4.69, 9.17) is 0 Å². The molecule has 1 atom stereocenters. The molecule has 4 rings (SSSR count). The Kier molecular flexibility index (Phi) is 5.38. The molecule has 2 aliphatic rings. The van der Waals surface area contributed by atoms with E-state index in [2.05, 4.69) is 37.9 Å². The van der Waals surface area contributed by atoms with Gasteiger partial charge in [0, 0.05) is 35.3 Å². The van der Waals surface area contributed by atoms with Crippen molar-refractivity contribution >= 4 is 39.9 Å². The molecule has 0 bridgehead atoms. The van der Waals surface area contributed by atoms with Crippen molar-refractivity contribution in [2.24, 2.45) is 5.41 Å². The van der Waals surface area contributed by atoms with Gasteiger partial charge in [0.25, 0.3) is 0 Å². The molecule has 5 nitrogen and oxygen atoms in total. The molecule has 1 amide bonds. The minimum atomic E-state index is -0.187. The Morgan fingerprint density at radius 1 is 1.14 bits per heavy atom. The van der Waals surface area contributed by atoms with Gasteiger partial charge in [-0.3, -0.25) is 14.5 Å². The molecule has 0 N–H and O–H groups in total. The Morgan fingerprint density at radius 2 is 1.86 bits per heavy atom. The van der Waals surface area contributed by atoms with Crippen LogP contribution in [0.4, 0.5) is 5.13 Å². The Bertz CT molecular complexity index is 979. The van der Waals surface area contributed by atoms with Crippen LogP contribution in [0, 0.1) is 5.41 Å². The van der Waals surface area contributed by atoms with E-state index < -0.39 is 0 Å². The van der Waals surface area contributed by atoms with Crippen molar-refractivity contribution in [1.82, 2.24) is 10.2 Å². The van der Waals surface area contributed by atoms with Crippen molar-refractivity contribution in [2.75, 3.05) is 4.90 Å². The molecule has 1 aromatic heterocycles. The Hall–Kier alpha value is -1.99. The summed E-state index contributed by atoms with van der Waals surface area (Å²) >= 11 is 3.06. The highest BCUT2D eigenvalue weighted by Crippen LogP contribution is 2.48. The lowest BCUT2D eigenvalue weighted by molar-refractivity contribution is -0.121. The maximum Gasteiger partial charge on any atom is 0.234 e. The summed E-state index contributed by atoms with van der Waals surface area (Å²) in [6.07, 6.45) is 1.46. The van der Waals surface area contributed by atoms with Crippen LogP contribution in [0.2, 0.25) is 0 Å². The lowest BCUT2D eigenvalue weighted by Gasteiger charge is -2.41. The predicted octanol–water partition coefficient (Wildman–Crippen LogP) is 5.20. The number of anilines is 1. The summed E-state index contributed by atoms with van der Waals surface area (Å²) in [5, 5.41) is 9.54. The van der Waals surface area contributed by atoms with Crippen LogP contribution >= 0.6 is 23.1 Å². The van der Waals surface area contributed by atoms with Crippen LogP contribution < -0.4 is 4.90 Å². The molecule has 0 saturated carbocycles. The van der Waals surface area contributed by atoms with E-state index >= 15 is 0 Å². The molecule has 2 heterocycles. The Labute approximate surface area is 179 Å². The van der Waals surface area contributed by atoms with E-state index in [9.17, 15) is 9.59 Å². The first-order chi connectivity index (χ1) is 13.7. The van der Waals surface area contributed by atoms with Gasteiger partial charge < -0.3 is 0 Å². The number of nitrogens with zero attached hydrogens (tertiary/aromatic N) is 3. The van der Waals surface area contributed by atoms with Gasteiger partial charge >= 0.3 is 0 Å². The molecule has 0 radical (unpaired) electrons. The molecular formula is C22H25N3O2S2. The third-order valence-corrected chi connectivity index (χ3v) is 7.26. The lowest BCUT2D eigenvalue weighted by atomic mass is 9.69. The average Bonchev–Trinajstić information content (AvgIpc) is 3.07. The summed E-state index contributed by atoms with van der Waals surface area (Å²) < 4.78 is 0.844. The highest BCUT2D eigenvalue weighted by molar-refractivity contribution is 8.01. The van der Waals surface area contributed by atoms with Gasteiger partial charge in [0.2, 0.25) is 11.0 Å². The van der Waals surface area contributed by atoms with E-state index in [1.54, 1.807) is 16.7 Å². The van der Waals surface area contributed by atoms with Gasteiger partial charge in [0.05, 0.1) is 0 Å². The number of carbonyl (C=O) groups is 2. The van der Waals surface area contributed by atoms with Crippen LogP contribution in [0.25, 0.3) is 0 Å². The van der Waals surface area contributed by atoms with E-state index in [0.717, 1.165) is 21.2 Å². The third-order valence-electron chi connectivity index (χ3n) is 5.27. The minimum absolute atomic E-state index is 0.0136. The van der Waals surface area contributed by atoms with E-state index in [1.807, 2.05) is 30.3 Å². The highest BCUT2D eigenvalue weighted by Gasteiger charge is 2.45. The molecular weight excluding hydrogens is 402 g/mol. The van der Waals surface area contributed by atoms with Crippen LogP contribution in [0.1, 0.15) is 58.4 Å². The van der Waals surface area contributed by atoms with E-state index in [-0.39, 0.29) is 29.4 Å². The number of hydrogen-bond acceptors (Lipinski definition) is 6. The average molecular weight is 428 g/mol. The molecule has 1 aliphatic carbocycles. The van der Waals surface area contributed by atoms with Gasteiger partial charge in [-0.15, -0.1) is 10.2 Å². The van der Waals surface area contributed by atoms with Gasteiger partial charge in [0.1, 0.15) is 0 Å². The van der Waals surface area contributed by atoms with E-state index in [1.165, 1.54) is 11.3 Å². The molecule has 0 fully saturated rings. The lowest BCUT2D eigenvalue weighted by Crippen LogP contribution is -2.43. The monoisotopic (exact) mass is 427 g/mol. The molecule has 2 aromatic rings. The molecule has 1 unspecified atom stereocenters. The number of carbonyl (C=O) groups excluding carboxylic acids is 2. The number of allylic oxidation sites excluding steroid dienone is 2. The molecule has 1 aliphatic heterocycles. The highest BCUT2D eigenvalue weighted by atomic mass is 32.2. The summed E-state index contributed by atoms with van der Waals surface area (Å²) in [5.74, 6) is -0.0553. The summed E-state index contributed by atoms with van der Waals surface area (Å²) in [6.45, 7) is 8.38. The maximum absolute atomic E-state index is 13.3. The van der Waals surface area contributed by atoms with E-state index in [0.29, 0.717) is 23.2 Å². The van der Waals surface area contributed by atoms with Crippen molar-refractivity contribution in [3.05, 3.63) is 47.2 Å². The van der Waals surface area contributed by atoms with Gasteiger partial charge in [0.15, 0.2) is 10.1 Å². The Balaban J connectivity index is 1.82. The first-order valence-corrected chi connectivity index (χ1v) is 11.6. The number of Topliss-reactive ketones (excluding diaryl/α,β-unsaturated/α-hetero) is 1. The quantitative estimate of drug-likeness (QED) is 0.495. The zero-order valence-electron chi connectivity index (χ0n) is 17.1. The number of thioether (sulfide) groups is 1. The van der Waals surface area contributed by atoms with Crippen molar-refractivity contribution in [3.8, 4) is 0 Å². The number of amides is 1. The molecule has 1 aromatic carbocycles. The molecule has 29 heavy (non-hydrogen) atoms. The smallest absolute Gasteiger partial charge is 0.234 e. The molecule has 0 spiro atoms. The summed E-state index contributed by atoms with van der Waals surface area (Å²) in [5.41, 5.74) is 2.43. The second kappa shape index (κ2) is 7.69. The fourth-order valence-electron chi connectivity index (χ4n) is 4.15. The van der Waals surface area contributed by atoms with Crippen LogP contribution in [0.3, 0.4) is 0 Å². The fourth-order valence-corrected chi connectivity index (χ4v) is 6.26. The van der Waals surface area contributed by atoms with Crippen molar-refractivity contribution in [2.45, 2.75) is 62.5 Å². The van der Waals surface area contributed by atoms with Crippen LogP contribution in [-0.4, -0.2) is 27.1 Å². The van der Waals surface area contributed by atoms with Crippen molar-refractivity contribution < 1.29 is 9.59 Å². The second-order valence-corrected chi connectivity index (χ2v) is 11.5. The van der Waals surface area contributed by atoms with Gasteiger partial charge in [-0.05, 0) is 17.4 Å². The Morgan fingerprint density at radius 3 is 2.55 bits per heavy atom. The predicted molar refractivity (Wildman–Crippen MR) is 117 cm³/mol. The first-order valence-electron chi connectivity index (χ1n) is 9.89. The normalized spacial score (nSPS) is 21.7. The number of rotatable bonds is 4. The van der Waals surface area contributed by atoms with Gasteiger partial charge in [-0.2, -0.15) is 0 Å². The number of hydrogen-bond donors (Lipinski definition) is 0. The summed E-state index contributed by atoms with van der Waals surface area (Å²) in [4.78, 5) is 28.2. The minimum Gasteiger partial charge on any atom is -0.294 e. The summed E-state index contributed by atoms with van der Waals surface area (Å²) in [7, 11) is 0. The van der Waals surface area contributed by atoms with Gasteiger partial charge in [-0.25, -0.2) is 0 Å². The third kappa shape index (κ3) is 4.03. The topological polar surface area (TPSA) is 63.2 Å². The SMILES string of the molecule is CC(C)Sc1nnc(N2C(=O)CC(c3ccccc3)C3=C2CC(C)(C)CC3=O)s1. The van der Waals surface area contributed by atoms with Crippen molar-refractivity contribution in [3.63, 3.8) is 0 Å². The number of ketones is 1. The van der Waals surface area contributed by atoms with Crippen molar-refractivity contribution in [1.29, 1.82) is 0 Å². The molecule has 152 valence electrons. The van der Waals surface area contributed by atoms with Gasteiger partial charge in [-0.1, -0.05) is 81.1 Å². The fraction of sp³-hybridized carbons (Fsp3) is 0.455. The standard InChI is InChI=1S/C22H25N3O2S2/c1-13(2)28-21-24-23-20(29-21)25-16-11-22(3,4)12-17(26)19(16)15(10-18(25)27)14-8-6-5-7-9-14/h5-9,13,15H,10-12H2,1-4H3. The zero-order chi connectivity index (χ0) is 20.8. The summed E-state index contributed by atoms with van der Waals surface area (Å²) in [6, 6.07) is 9.89. The second-order valence-electron chi connectivity index (χ2n) is 8.72. The van der Waals surface area contributed by atoms with Crippen LogP contribution in [0.5, 0.6) is 0 Å². The first kappa shape index (κ1) is 20.3. The largest absolute Gasteiger partial charge is 0.294 e.